The number of ether oxygens (including phenoxy) is 2. The zero-order chi connectivity index (χ0) is 21.3. The molecule has 3 aromatic carbocycles. The average molecular weight is 468 g/mol. The molecule has 0 bridgehead atoms. The molecule has 0 radical (unpaired) electrons. The summed E-state index contributed by atoms with van der Waals surface area (Å²) in [6.45, 7) is 2.18. The van der Waals surface area contributed by atoms with E-state index < -0.39 is 5.97 Å². The van der Waals surface area contributed by atoms with Crippen LogP contribution >= 0.6 is 15.9 Å². The Kier molecular flexibility index (Phi) is 7.63. The summed E-state index contributed by atoms with van der Waals surface area (Å²) >= 11 is 3.39. The van der Waals surface area contributed by atoms with Crippen LogP contribution in [0.25, 0.3) is 0 Å². The van der Waals surface area contributed by atoms with Crippen molar-refractivity contribution in [1.82, 2.24) is 0 Å². The Bertz CT molecular complexity index is 1020. The summed E-state index contributed by atoms with van der Waals surface area (Å²) in [5.74, 6) is -0.0104. The van der Waals surface area contributed by atoms with Crippen molar-refractivity contribution < 1.29 is 19.1 Å². The molecule has 0 unspecified atom stereocenters. The molecule has 1 amide bonds. The van der Waals surface area contributed by atoms with Crippen LogP contribution in [0, 0.1) is 0 Å². The number of nitrogens with one attached hydrogen (secondary N) is 1. The van der Waals surface area contributed by atoms with E-state index >= 15 is 0 Å². The van der Waals surface area contributed by atoms with E-state index in [0.29, 0.717) is 30.0 Å². The van der Waals surface area contributed by atoms with E-state index in [9.17, 15) is 9.59 Å². The van der Waals surface area contributed by atoms with Gasteiger partial charge in [-0.3, -0.25) is 4.79 Å². The molecule has 1 N–H and O–H groups in total. The SMILES string of the molecule is CCC(=O)Nc1ccccc1OC(=O)c1cc(Br)ccc1OCCc1ccccc1. The van der Waals surface area contributed by atoms with Crippen LogP contribution in [0.1, 0.15) is 29.3 Å². The largest absolute Gasteiger partial charge is 0.492 e. The minimum Gasteiger partial charge on any atom is -0.492 e. The highest BCUT2D eigenvalue weighted by Gasteiger charge is 2.18. The van der Waals surface area contributed by atoms with Crippen LogP contribution in [-0.2, 0) is 11.2 Å². The second-order valence-electron chi connectivity index (χ2n) is 6.51. The number of hydrogen-bond acceptors (Lipinski definition) is 4. The van der Waals surface area contributed by atoms with Gasteiger partial charge in [-0.2, -0.15) is 0 Å². The quantitative estimate of drug-likeness (QED) is 0.344. The maximum absolute atomic E-state index is 12.9. The van der Waals surface area contributed by atoms with Crippen LogP contribution in [0.2, 0.25) is 0 Å². The molecule has 30 heavy (non-hydrogen) atoms. The fourth-order valence-corrected chi connectivity index (χ4v) is 3.12. The number of rotatable bonds is 8. The van der Waals surface area contributed by atoms with Gasteiger partial charge in [0.15, 0.2) is 5.75 Å². The number of carbonyl (C=O) groups excluding carboxylic acids is 2. The molecule has 154 valence electrons. The first-order valence-corrected chi connectivity index (χ1v) is 10.4. The summed E-state index contributed by atoms with van der Waals surface area (Å²) in [6, 6.07) is 22.0. The molecule has 0 atom stereocenters. The van der Waals surface area contributed by atoms with Crippen LogP contribution in [0.4, 0.5) is 5.69 Å². The van der Waals surface area contributed by atoms with E-state index in [-0.39, 0.29) is 11.7 Å². The van der Waals surface area contributed by atoms with Gasteiger partial charge in [-0.15, -0.1) is 0 Å². The van der Waals surface area contributed by atoms with E-state index in [1.807, 2.05) is 36.4 Å². The molecule has 6 heteroatoms. The number of esters is 1. The van der Waals surface area contributed by atoms with Gasteiger partial charge in [0, 0.05) is 17.3 Å². The monoisotopic (exact) mass is 467 g/mol. The van der Waals surface area contributed by atoms with Crippen LogP contribution in [0.3, 0.4) is 0 Å². The lowest BCUT2D eigenvalue weighted by Gasteiger charge is -2.14. The van der Waals surface area contributed by atoms with Crippen LogP contribution in [0.15, 0.2) is 77.3 Å². The zero-order valence-electron chi connectivity index (χ0n) is 16.6. The van der Waals surface area contributed by atoms with Crippen LogP contribution in [-0.4, -0.2) is 18.5 Å². The number of anilines is 1. The van der Waals surface area contributed by atoms with Crippen molar-refractivity contribution in [3.05, 3.63) is 88.4 Å². The number of benzene rings is 3. The molecule has 0 spiro atoms. The predicted molar refractivity (Wildman–Crippen MR) is 120 cm³/mol. The van der Waals surface area contributed by atoms with Gasteiger partial charge in [-0.25, -0.2) is 4.79 Å². The summed E-state index contributed by atoms with van der Waals surface area (Å²) in [5.41, 5.74) is 1.90. The van der Waals surface area contributed by atoms with E-state index in [2.05, 4.69) is 21.2 Å². The number of halogens is 1. The first kappa shape index (κ1) is 21.6. The molecule has 0 aliphatic carbocycles. The predicted octanol–water partition coefficient (Wildman–Crippen LogP) is 5.64. The van der Waals surface area contributed by atoms with Crippen molar-refractivity contribution in [2.75, 3.05) is 11.9 Å². The summed E-state index contributed by atoms with van der Waals surface area (Å²) < 4.78 is 12.2. The third-order valence-corrected chi connectivity index (χ3v) is 4.83. The fraction of sp³-hybridized carbons (Fsp3) is 0.167. The smallest absolute Gasteiger partial charge is 0.347 e. The van der Waals surface area contributed by atoms with Crippen LogP contribution in [0.5, 0.6) is 11.5 Å². The van der Waals surface area contributed by atoms with Gasteiger partial charge in [-0.05, 0) is 35.9 Å². The van der Waals surface area contributed by atoms with Gasteiger partial charge in [-0.1, -0.05) is 65.3 Å². The molecule has 0 heterocycles. The minimum atomic E-state index is -0.566. The lowest BCUT2D eigenvalue weighted by atomic mass is 10.1. The van der Waals surface area contributed by atoms with Gasteiger partial charge in [0.2, 0.25) is 5.91 Å². The highest BCUT2D eigenvalue weighted by Crippen LogP contribution is 2.28. The molecular formula is C24H22BrNO4. The van der Waals surface area contributed by atoms with Gasteiger partial charge in [0.05, 0.1) is 12.3 Å². The Morgan fingerprint density at radius 1 is 0.933 bits per heavy atom. The van der Waals surface area contributed by atoms with E-state index in [1.165, 1.54) is 0 Å². The molecule has 0 aliphatic heterocycles. The van der Waals surface area contributed by atoms with Crippen molar-refractivity contribution in [3.63, 3.8) is 0 Å². The Balaban J connectivity index is 1.74. The molecular weight excluding hydrogens is 446 g/mol. The van der Waals surface area contributed by atoms with Gasteiger partial charge in [0.1, 0.15) is 11.3 Å². The Labute approximate surface area is 184 Å². The lowest BCUT2D eigenvalue weighted by Crippen LogP contribution is -2.15. The third kappa shape index (κ3) is 5.94. The topological polar surface area (TPSA) is 64.6 Å². The number of para-hydroxylation sites is 2. The average Bonchev–Trinajstić information content (AvgIpc) is 2.76. The Morgan fingerprint density at radius 3 is 2.43 bits per heavy atom. The molecule has 3 rings (SSSR count). The van der Waals surface area contributed by atoms with Gasteiger partial charge < -0.3 is 14.8 Å². The first-order valence-electron chi connectivity index (χ1n) is 9.64. The molecule has 0 aromatic heterocycles. The first-order chi connectivity index (χ1) is 14.6. The molecule has 0 aliphatic rings. The lowest BCUT2D eigenvalue weighted by molar-refractivity contribution is -0.115. The van der Waals surface area contributed by atoms with E-state index in [4.69, 9.17) is 9.47 Å². The number of carbonyl (C=O) groups is 2. The van der Waals surface area contributed by atoms with Gasteiger partial charge in [0.25, 0.3) is 0 Å². The molecule has 0 fully saturated rings. The second-order valence-corrected chi connectivity index (χ2v) is 7.43. The van der Waals surface area contributed by atoms with Crippen molar-refractivity contribution in [3.8, 4) is 11.5 Å². The summed E-state index contributed by atoms with van der Waals surface area (Å²) in [7, 11) is 0. The van der Waals surface area contributed by atoms with Gasteiger partial charge >= 0.3 is 5.97 Å². The standard InChI is InChI=1S/C24H22BrNO4/c1-2-23(27)26-20-10-6-7-11-22(20)30-24(28)19-16-18(25)12-13-21(19)29-15-14-17-8-4-3-5-9-17/h3-13,16H,2,14-15H2,1H3,(H,26,27). The summed E-state index contributed by atoms with van der Waals surface area (Å²) in [4.78, 5) is 24.6. The number of amides is 1. The maximum atomic E-state index is 12.9. The summed E-state index contributed by atoms with van der Waals surface area (Å²) in [6.07, 6.45) is 1.05. The van der Waals surface area contributed by atoms with Crippen LogP contribution < -0.4 is 14.8 Å². The maximum Gasteiger partial charge on any atom is 0.347 e. The Hall–Kier alpha value is -3.12. The minimum absolute atomic E-state index is 0.161. The van der Waals surface area contributed by atoms with E-state index in [0.717, 1.165) is 16.5 Å². The molecule has 0 saturated carbocycles. The highest BCUT2D eigenvalue weighted by molar-refractivity contribution is 9.10. The van der Waals surface area contributed by atoms with Crippen molar-refractivity contribution >= 4 is 33.5 Å². The fourth-order valence-electron chi connectivity index (χ4n) is 2.76. The third-order valence-electron chi connectivity index (χ3n) is 4.34. The normalized spacial score (nSPS) is 10.3. The van der Waals surface area contributed by atoms with Crippen molar-refractivity contribution in [2.24, 2.45) is 0 Å². The summed E-state index contributed by atoms with van der Waals surface area (Å²) in [5, 5.41) is 2.74. The molecule has 5 nitrogen and oxygen atoms in total. The highest BCUT2D eigenvalue weighted by atomic mass is 79.9. The van der Waals surface area contributed by atoms with E-state index in [1.54, 1.807) is 43.3 Å². The van der Waals surface area contributed by atoms with Crippen molar-refractivity contribution in [1.29, 1.82) is 0 Å². The molecule has 0 saturated heterocycles. The molecule has 3 aromatic rings. The zero-order valence-corrected chi connectivity index (χ0v) is 18.1. The second kappa shape index (κ2) is 10.6. The Morgan fingerprint density at radius 2 is 1.67 bits per heavy atom. The van der Waals surface area contributed by atoms with Crippen molar-refractivity contribution in [2.45, 2.75) is 19.8 Å². The number of hydrogen-bond donors (Lipinski definition) is 1.